The number of amides is 1. The van der Waals surface area contributed by atoms with Crippen LogP contribution in [0.15, 0.2) is 84.2 Å². The van der Waals surface area contributed by atoms with E-state index in [2.05, 4.69) is 21.1 Å². The van der Waals surface area contributed by atoms with Crippen LogP contribution in [-0.2, 0) is 18.9 Å². The maximum atomic E-state index is 13.6. The van der Waals surface area contributed by atoms with Gasteiger partial charge in [-0.25, -0.2) is 4.79 Å². The van der Waals surface area contributed by atoms with E-state index < -0.39 is 6.61 Å². The normalized spacial score (nSPS) is 15.4. The molecule has 1 fully saturated rings. The van der Waals surface area contributed by atoms with Gasteiger partial charge >= 0.3 is 5.69 Å². The maximum absolute atomic E-state index is 13.6. The molecule has 43 heavy (non-hydrogen) atoms. The van der Waals surface area contributed by atoms with E-state index in [4.69, 9.17) is 0 Å². The lowest BCUT2D eigenvalue weighted by Crippen LogP contribution is -2.40. The number of carbonyl (C=O) groups excluding carboxylic acids is 1. The van der Waals surface area contributed by atoms with Gasteiger partial charge in [-0.3, -0.25) is 28.6 Å². The van der Waals surface area contributed by atoms with E-state index >= 15 is 0 Å². The Labute approximate surface area is 247 Å². The van der Waals surface area contributed by atoms with Gasteiger partial charge in [0, 0.05) is 62.0 Å². The minimum absolute atomic E-state index is 0.151. The molecule has 7 rings (SSSR count). The summed E-state index contributed by atoms with van der Waals surface area (Å²) >= 11 is 0. The van der Waals surface area contributed by atoms with Gasteiger partial charge in [0.05, 0.1) is 40.3 Å². The van der Waals surface area contributed by atoms with Gasteiger partial charge in [0.2, 0.25) is 5.91 Å². The Morgan fingerprint density at radius 1 is 0.953 bits per heavy atom. The van der Waals surface area contributed by atoms with Crippen molar-refractivity contribution in [1.29, 1.82) is 0 Å². The molecule has 10 nitrogen and oxygen atoms in total. The summed E-state index contributed by atoms with van der Waals surface area (Å²) < 4.78 is 5.13. The number of aryl methyl sites for hydroxylation is 2. The number of aliphatic hydroxyl groups excluding tert-OH is 1. The highest BCUT2D eigenvalue weighted by Crippen LogP contribution is 2.32. The van der Waals surface area contributed by atoms with Gasteiger partial charge in [-0.15, -0.1) is 0 Å². The minimum atomic E-state index is -0.465. The summed E-state index contributed by atoms with van der Waals surface area (Å²) in [5.41, 5.74) is 7.80. The Morgan fingerprint density at radius 3 is 2.49 bits per heavy atom. The van der Waals surface area contributed by atoms with Crippen LogP contribution in [0, 0.1) is 0 Å². The lowest BCUT2D eigenvalue weighted by molar-refractivity contribution is -0.135. The topological polar surface area (TPSA) is 111 Å². The molecule has 0 radical (unpaired) electrons. The van der Waals surface area contributed by atoms with Gasteiger partial charge in [-0.2, -0.15) is 5.10 Å². The Balaban J connectivity index is 1.28. The quantitative estimate of drug-likeness (QED) is 0.333. The lowest BCUT2D eigenvalue weighted by Gasteiger charge is -2.32. The summed E-state index contributed by atoms with van der Waals surface area (Å²) in [7, 11) is 3.65. The lowest BCUT2D eigenvalue weighted by atomic mass is 9.90. The van der Waals surface area contributed by atoms with Crippen LogP contribution < -0.4 is 5.69 Å². The van der Waals surface area contributed by atoms with Crippen molar-refractivity contribution in [2.24, 2.45) is 14.1 Å². The zero-order chi connectivity index (χ0) is 29.7. The van der Waals surface area contributed by atoms with Crippen LogP contribution in [0.3, 0.4) is 0 Å². The van der Waals surface area contributed by atoms with Gasteiger partial charge in [0.25, 0.3) is 0 Å². The highest BCUT2D eigenvalue weighted by molar-refractivity contribution is 6.04. The summed E-state index contributed by atoms with van der Waals surface area (Å²) in [4.78, 5) is 36.7. The number of fused-ring (bicyclic) bond motifs is 3. The van der Waals surface area contributed by atoms with Crippen LogP contribution in [0.25, 0.3) is 50.0 Å². The molecular weight excluding hydrogens is 542 g/mol. The molecule has 0 spiro atoms. The van der Waals surface area contributed by atoms with Crippen molar-refractivity contribution in [3.05, 3.63) is 95.4 Å². The van der Waals surface area contributed by atoms with Gasteiger partial charge < -0.3 is 10.0 Å². The third-order valence-corrected chi connectivity index (χ3v) is 8.51. The van der Waals surface area contributed by atoms with E-state index in [1.165, 1.54) is 0 Å². The van der Waals surface area contributed by atoms with Gasteiger partial charge in [0.15, 0.2) is 0 Å². The fourth-order valence-corrected chi connectivity index (χ4v) is 6.18. The van der Waals surface area contributed by atoms with Crippen molar-refractivity contribution in [3.63, 3.8) is 0 Å². The van der Waals surface area contributed by atoms with E-state index in [1.54, 1.807) is 38.2 Å². The third kappa shape index (κ3) is 4.69. The molecule has 2 aromatic carbocycles. The first-order valence-electron chi connectivity index (χ1n) is 14.4. The molecule has 1 unspecified atom stereocenters. The summed E-state index contributed by atoms with van der Waals surface area (Å²) in [6.07, 6.45) is 9.20. The second-order valence-electron chi connectivity index (χ2n) is 11.2. The number of nitrogens with zero attached hydrogens (tertiary/aromatic N) is 7. The highest BCUT2D eigenvalue weighted by atomic mass is 16.3. The monoisotopic (exact) mass is 573 g/mol. The van der Waals surface area contributed by atoms with Crippen molar-refractivity contribution < 1.29 is 9.90 Å². The molecule has 1 N–H and O–H groups in total. The number of hydrogen-bond donors (Lipinski definition) is 1. The van der Waals surface area contributed by atoms with Crippen LogP contribution in [-0.4, -0.2) is 64.5 Å². The van der Waals surface area contributed by atoms with E-state index in [0.717, 1.165) is 68.4 Å². The minimum Gasteiger partial charge on any atom is -0.387 e. The number of hydrogen-bond acceptors (Lipinski definition) is 6. The molecule has 6 aromatic rings. The van der Waals surface area contributed by atoms with E-state index in [-0.39, 0.29) is 17.5 Å². The average Bonchev–Trinajstić information content (AvgIpc) is 3.60. The molecule has 5 heterocycles. The maximum Gasteiger partial charge on any atom is 0.333 e. The molecule has 1 aliphatic rings. The van der Waals surface area contributed by atoms with Crippen LogP contribution in [0.1, 0.15) is 24.3 Å². The molecule has 0 saturated carbocycles. The van der Waals surface area contributed by atoms with Gasteiger partial charge in [-0.05, 0) is 54.3 Å². The first-order valence-corrected chi connectivity index (χ1v) is 14.4. The second-order valence-corrected chi connectivity index (χ2v) is 11.2. The number of imidazole rings is 1. The number of rotatable bonds is 5. The molecule has 1 saturated heterocycles. The SMILES string of the molecule is Cn1cc(-c2ccc(-c3ccc4ncc5c(c4c3)n(-c3ccc(C4CCCN(C(=O)CO)C4)cc3)c(=O)n5C)cn2)cn1. The predicted octanol–water partition coefficient (Wildman–Crippen LogP) is 4.04. The Morgan fingerprint density at radius 2 is 1.77 bits per heavy atom. The molecule has 0 bridgehead atoms. The molecular formula is C33H31N7O3. The molecule has 1 amide bonds. The first kappa shape index (κ1) is 26.8. The smallest absolute Gasteiger partial charge is 0.333 e. The molecule has 1 atom stereocenters. The fraction of sp³-hybridized carbons (Fsp3) is 0.242. The van der Waals surface area contributed by atoms with Crippen molar-refractivity contribution >= 4 is 27.8 Å². The van der Waals surface area contributed by atoms with Crippen LogP contribution in [0.4, 0.5) is 0 Å². The number of benzene rings is 2. The number of piperidine rings is 1. The third-order valence-electron chi connectivity index (χ3n) is 8.51. The zero-order valence-corrected chi connectivity index (χ0v) is 24.0. The molecule has 1 aliphatic heterocycles. The fourth-order valence-electron chi connectivity index (χ4n) is 6.18. The number of pyridine rings is 2. The first-order chi connectivity index (χ1) is 20.9. The van der Waals surface area contributed by atoms with E-state index in [0.29, 0.717) is 13.1 Å². The number of aromatic nitrogens is 6. The Bertz CT molecular complexity index is 2040. The summed E-state index contributed by atoms with van der Waals surface area (Å²) in [6, 6.07) is 18.1. The molecule has 4 aromatic heterocycles. The van der Waals surface area contributed by atoms with Crippen molar-refractivity contribution in [2.45, 2.75) is 18.8 Å². The average molecular weight is 574 g/mol. The largest absolute Gasteiger partial charge is 0.387 e. The summed E-state index contributed by atoms with van der Waals surface area (Å²) in [5.74, 6) is -0.0445. The van der Waals surface area contributed by atoms with Crippen LogP contribution in [0.2, 0.25) is 0 Å². The standard InChI is InChI=1S/C33H31N7O3/c1-37-18-25(16-36-37)28-11-8-23(15-34-28)22-7-12-29-27(14-22)32-30(17-35-29)38(2)33(43)40(32)26-9-5-21(6-10-26)24-4-3-13-39(19-24)31(42)20-41/h5-12,14-18,24,41H,3-4,13,19-20H2,1-2H3. The van der Waals surface area contributed by atoms with E-state index in [9.17, 15) is 14.7 Å². The highest BCUT2D eigenvalue weighted by Gasteiger charge is 2.24. The molecule has 10 heteroatoms. The van der Waals surface area contributed by atoms with E-state index in [1.807, 2.05) is 68.0 Å². The number of aliphatic hydroxyl groups is 1. The van der Waals surface area contributed by atoms with Crippen LogP contribution >= 0.6 is 0 Å². The second kappa shape index (κ2) is 10.6. The van der Waals surface area contributed by atoms with Gasteiger partial charge in [-0.1, -0.05) is 24.3 Å². The predicted molar refractivity (Wildman–Crippen MR) is 165 cm³/mol. The van der Waals surface area contributed by atoms with Gasteiger partial charge in [0.1, 0.15) is 6.61 Å². The Hall–Kier alpha value is -5.09. The summed E-state index contributed by atoms with van der Waals surface area (Å²) in [6.45, 7) is 0.796. The Kier molecular flexibility index (Phi) is 6.62. The van der Waals surface area contributed by atoms with Crippen molar-refractivity contribution in [2.75, 3.05) is 19.7 Å². The van der Waals surface area contributed by atoms with Crippen molar-refractivity contribution in [3.8, 4) is 28.1 Å². The zero-order valence-electron chi connectivity index (χ0n) is 24.0. The molecule has 0 aliphatic carbocycles. The number of carbonyl (C=O) groups is 1. The summed E-state index contributed by atoms with van der Waals surface area (Å²) in [5, 5.41) is 14.4. The van der Waals surface area contributed by atoms with Crippen molar-refractivity contribution in [1.82, 2.24) is 33.8 Å². The number of likely N-dealkylation sites (tertiary alicyclic amines) is 1. The molecule has 216 valence electrons. The van der Waals surface area contributed by atoms with Crippen LogP contribution in [0.5, 0.6) is 0 Å².